The first-order valence-corrected chi connectivity index (χ1v) is 7.42. The fraction of sp³-hybridized carbons (Fsp3) is 0.400. The number of carbonyl (C=O) groups is 3. The van der Waals surface area contributed by atoms with Gasteiger partial charge in [-0.15, -0.1) is 0 Å². The van der Waals surface area contributed by atoms with Crippen molar-refractivity contribution in [3.8, 4) is 0 Å². The van der Waals surface area contributed by atoms with Crippen molar-refractivity contribution in [1.82, 2.24) is 10.2 Å². The summed E-state index contributed by atoms with van der Waals surface area (Å²) in [5, 5.41) is 5.70. The van der Waals surface area contributed by atoms with Gasteiger partial charge in [0, 0.05) is 10.7 Å². The number of hydrogen-bond acceptors (Lipinski definition) is 3. The van der Waals surface area contributed by atoms with Crippen LogP contribution >= 0.6 is 11.6 Å². The second-order valence-corrected chi connectivity index (χ2v) is 6.05. The lowest BCUT2D eigenvalue weighted by atomic mass is 10.0. The first-order chi connectivity index (χ1) is 10.4. The maximum absolute atomic E-state index is 12.1. The smallest absolute Gasteiger partial charge is 0.325 e. The topological polar surface area (TPSA) is 78.5 Å². The van der Waals surface area contributed by atoms with Crippen LogP contribution in [-0.4, -0.2) is 35.3 Å². The predicted molar refractivity (Wildman–Crippen MR) is 83.6 cm³/mol. The van der Waals surface area contributed by atoms with Gasteiger partial charge in [0.05, 0.1) is 0 Å². The number of imide groups is 1. The quantitative estimate of drug-likeness (QED) is 0.816. The van der Waals surface area contributed by atoms with Crippen LogP contribution in [0, 0.1) is 5.92 Å². The Morgan fingerprint density at radius 3 is 2.77 bits per heavy atom. The number of nitrogens with one attached hydrogen (secondary N) is 2. The summed E-state index contributed by atoms with van der Waals surface area (Å²) in [6.07, 6.45) is 0.553. The summed E-state index contributed by atoms with van der Waals surface area (Å²) in [7, 11) is 0. The third kappa shape index (κ3) is 3.98. The highest BCUT2D eigenvalue weighted by atomic mass is 35.5. The lowest BCUT2D eigenvalue weighted by Crippen LogP contribution is -2.38. The van der Waals surface area contributed by atoms with Crippen LogP contribution in [0.2, 0.25) is 5.02 Å². The van der Waals surface area contributed by atoms with Crippen LogP contribution in [0.25, 0.3) is 0 Å². The minimum atomic E-state index is -0.550. The van der Waals surface area contributed by atoms with Crippen LogP contribution in [0.3, 0.4) is 0 Å². The molecule has 118 valence electrons. The SMILES string of the molecule is CC(C)C[C@@H]1NC(=O)N(CC(=O)Nc2cccc(Cl)c2)C1=O. The lowest BCUT2D eigenvalue weighted by Gasteiger charge is -2.13. The molecule has 1 aliphatic heterocycles. The summed E-state index contributed by atoms with van der Waals surface area (Å²) < 4.78 is 0. The molecule has 1 fully saturated rings. The van der Waals surface area contributed by atoms with Gasteiger partial charge in [0.25, 0.3) is 5.91 Å². The Labute approximate surface area is 133 Å². The van der Waals surface area contributed by atoms with Crippen LogP contribution in [-0.2, 0) is 9.59 Å². The Bertz CT molecular complexity index is 603. The predicted octanol–water partition coefficient (Wildman–Crippen LogP) is 2.25. The highest BCUT2D eigenvalue weighted by Gasteiger charge is 2.38. The fourth-order valence-corrected chi connectivity index (χ4v) is 2.46. The molecule has 0 saturated carbocycles. The number of urea groups is 1. The third-order valence-electron chi connectivity index (χ3n) is 3.22. The van der Waals surface area contributed by atoms with E-state index in [9.17, 15) is 14.4 Å². The van der Waals surface area contributed by atoms with E-state index in [4.69, 9.17) is 11.6 Å². The van der Waals surface area contributed by atoms with Crippen LogP contribution in [0.4, 0.5) is 10.5 Å². The van der Waals surface area contributed by atoms with E-state index in [-0.39, 0.29) is 18.4 Å². The minimum Gasteiger partial charge on any atom is -0.326 e. The van der Waals surface area contributed by atoms with E-state index < -0.39 is 18.0 Å². The first kappa shape index (κ1) is 16.3. The maximum atomic E-state index is 12.1. The van der Waals surface area contributed by atoms with Gasteiger partial charge < -0.3 is 10.6 Å². The van der Waals surface area contributed by atoms with Crippen LogP contribution in [0.1, 0.15) is 20.3 Å². The molecule has 1 aromatic rings. The van der Waals surface area contributed by atoms with Crippen molar-refractivity contribution in [1.29, 1.82) is 0 Å². The Morgan fingerprint density at radius 2 is 2.14 bits per heavy atom. The van der Waals surface area contributed by atoms with Gasteiger partial charge in [-0.2, -0.15) is 0 Å². The van der Waals surface area contributed by atoms with E-state index in [2.05, 4.69) is 10.6 Å². The van der Waals surface area contributed by atoms with E-state index >= 15 is 0 Å². The molecule has 4 amide bonds. The molecule has 0 spiro atoms. The van der Waals surface area contributed by atoms with Crippen molar-refractivity contribution in [2.24, 2.45) is 5.92 Å². The summed E-state index contributed by atoms with van der Waals surface area (Å²) in [6.45, 7) is 3.62. The molecule has 0 aliphatic carbocycles. The number of benzene rings is 1. The molecule has 1 aromatic carbocycles. The Morgan fingerprint density at radius 1 is 1.41 bits per heavy atom. The number of hydrogen-bond donors (Lipinski definition) is 2. The zero-order chi connectivity index (χ0) is 16.3. The first-order valence-electron chi connectivity index (χ1n) is 7.04. The fourth-order valence-electron chi connectivity index (χ4n) is 2.27. The summed E-state index contributed by atoms with van der Waals surface area (Å²) in [6, 6.07) is 5.57. The number of nitrogens with zero attached hydrogens (tertiary/aromatic N) is 1. The zero-order valence-electron chi connectivity index (χ0n) is 12.4. The van der Waals surface area contributed by atoms with Gasteiger partial charge in [-0.1, -0.05) is 31.5 Å². The van der Waals surface area contributed by atoms with Gasteiger partial charge in [-0.25, -0.2) is 4.79 Å². The molecule has 22 heavy (non-hydrogen) atoms. The molecular formula is C15H18ClN3O3. The van der Waals surface area contributed by atoms with Gasteiger partial charge in [-0.05, 0) is 30.5 Å². The largest absolute Gasteiger partial charge is 0.326 e. The molecule has 0 unspecified atom stereocenters. The van der Waals surface area contributed by atoms with Crippen molar-refractivity contribution >= 4 is 35.1 Å². The number of halogens is 1. The van der Waals surface area contributed by atoms with E-state index in [1.807, 2.05) is 13.8 Å². The van der Waals surface area contributed by atoms with Crippen LogP contribution < -0.4 is 10.6 Å². The molecule has 2 N–H and O–H groups in total. The van der Waals surface area contributed by atoms with E-state index in [0.29, 0.717) is 17.1 Å². The van der Waals surface area contributed by atoms with E-state index in [1.54, 1.807) is 24.3 Å². The van der Waals surface area contributed by atoms with Crippen LogP contribution in [0.5, 0.6) is 0 Å². The molecule has 0 bridgehead atoms. The molecule has 0 aromatic heterocycles. The molecule has 1 heterocycles. The van der Waals surface area contributed by atoms with Gasteiger partial charge in [0.1, 0.15) is 12.6 Å². The lowest BCUT2D eigenvalue weighted by molar-refractivity contribution is -0.131. The molecular weight excluding hydrogens is 306 g/mol. The number of carbonyl (C=O) groups excluding carboxylic acids is 3. The van der Waals surface area contributed by atoms with Crippen molar-refractivity contribution in [2.45, 2.75) is 26.3 Å². The molecule has 1 atom stereocenters. The second kappa shape index (κ2) is 6.79. The standard InChI is InChI=1S/C15H18ClN3O3/c1-9(2)6-12-14(21)19(15(22)18-12)8-13(20)17-11-5-3-4-10(16)7-11/h3-5,7,9,12H,6,8H2,1-2H3,(H,17,20)(H,18,22)/t12-/m0/s1. The number of rotatable bonds is 5. The molecule has 7 heteroatoms. The van der Waals surface area contributed by atoms with E-state index in [1.165, 1.54) is 0 Å². The minimum absolute atomic E-state index is 0.273. The molecule has 2 rings (SSSR count). The monoisotopic (exact) mass is 323 g/mol. The average Bonchev–Trinajstić information content (AvgIpc) is 2.66. The van der Waals surface area contributed by atoms with E-state index in [0.717, 1.165) is 4.90 Å². The summed E-state index contributed by atoms with van der Waals surface area (Å²) in [4.78, 5) is 36.9. The molecule has 6 nitrogen and oxygen atoms in total. The number of anilines is 1. The van der Waals surface area contributed by atoms with Crippen LogP contribution in [0.15, 0.2) is 24.3 Å². The average molecular weight is 324 g/mol. The normalized spacial score (nSPS) is 17.8. The number of amides is 4. The Balaban J connectivity index is 1.96. The van der Waals surface area contributed by atoms with Crippen molar-refractivity contribution in [3.05, 3.63) is 29.3 Å². The van der Waals surface area contributed by atoms with Gasteiger partial charge >= 0.3 is 6.03 Å². The molecule has 1 saturated heterocycles. The third-order valence-corrected chi connectivity index (χ3v) is 3.46. The zero-order valence-corrected chi connectivity index (χ0v) is 13.2. The maximum Gasteiger partial charge on any atom is 0.325 e. The molecule has 0 radical (unpaired) electrons. The second-order valence-electron chi connectivity index (χ2n) is 5.61. The molecule has 1 aliphatic rings. The van der Waals surface area contributed by atoms with Gasteiger partial charge in [0.15, 0.2) is 0 Å². The Kier molecular flexibility index (Phi) is 5.03. The van der Waals surface area contributed by atoms with Crippen molar-refractivity contribution in [3.63, 3.8) is 0 Å². The summed E-state index contributed by atoms with van der Waals surface area (Å²) in [5.74, 6) is -0.537. The highest BCUT2D eigenvalue weighted by molar-refractivity contribution is 6.30. The van der Waals surface area contributed by atoms with Crippen molar-refractivity contribution in [2.75, 3.05) is 11.9 Å². The van der Waals surface area contributed by atoms with Gasteiger partial charge in [0.2, 0.25) is 5.91 Å². The Hall–Kier alpha value is -2.08. The van der Waals surface area contributed by atoms with Crippen molar-refractivity contribution < 1.29 is 14.4 Å². The van der Waals surface area contributed by atoms with Gasteiger partial charge in [-0.3, -0.25) is 14.5 Å². The highest BCUT2D eigenvalue weighted by Crippen LogP contribution is 2.16. The summed E-state index contributed by atoms with van der Waals surface area (Å²) in [5.41, 5.74) is 0.517. The summed E-state index contributed by atoms with van der Waals surface area (Å²) >= 11 is 5.83.